The van der Waals surface area contributed by atoms with Crippen LogP contribution in [-0.2, 0) is 12.1 Å². The van der Waals surface area contributed by atoms with E-state index in [1.807, 2.05) is 10.9 Å². The molecule has 0 saturated carbocycles. The molecule has 0 aliphatic heterocycles. The molecule has 0 amide bonds. The number of aromatic nitrogens is 3. The maximum Gasteiger partial charge on any atom is 0.0965 e. The van der Waals surface area contributed by atoms with Gasteiger partial charge in [-0.3, -0.25) is 0 Å². The van der Waals surface area contributed by atoms with E-state index in [1.54, 1.807) is 0 Å². The van der Waals surface area contributed by atoms with Crippen LogP contribution in [0, 0.1) is 11.8 Å². The Bertz CT molecular complexity index is 335. The molecule has 17 heavy (non-hydrogen) atoms. The standard InChI is InChI=1S/C13H26N4/c1-10(2)11(3)7-14-8-12-9-17(16-15-12)13(4,5)6/h9-11,14H,7-8H2,1-6H3. The van der Waals surface area contributed by atoms with Gasteiger partial charge in [0.15, 0.2) is 0 Å². The number of hydrogen-bond acceptors (Lipinski definition) is 3. The van der Waals surface area contributed by atoms with Gasteiger partial charge < -0.3 is 5.32 Å². The van der Waals surface area contributed by atoms with Gasteiger partial charge in [0.25, 0.3) is 0 Å². The second kappa shape index (κ2) is 5.63. The van der Waals surface area contributed by atoms with Crippen molar-refractivity contribution >= 4 is 0 Å². The van der Waals surface area contributed by atoms with Gasteiger partial charge in [0.1, 0.15) is 0 Å². The summed E-state index contributed by atoms with van der Waals surface area (Å²) in [6.45, 7) is 15.0. The summed E-state index contributed by atoms with van der Waals surface area (Å²) in [5.41, 5.74) is 1.02. The molecular formula is C13H26N4. The third kappa shape index (κ3) is 4.46. The van der Waals surface area contributed by atoms with E-state index >= 15 is 0 Å². The molecule has 1 aromatic rings. The van der Waals surface area contributed by atoms with Crippen molar-refractivity contribution in [3.05, 3.63) is 11.9 Å². The van der Waals surface area contributed by atoms with E-state index < -0.39 is 0 Å². The molecule has 1 N–H and O–H groups in total. The molecule has 0 saturated heterocycles. The molecule has 0 aliphatic rings. The highest BCUT2D eigenvalue weighted by Gasteiger charge is 2.15. The predicted octanol–water partition coefficient (Wildman–Crippen LogP) is 2.41. The van der Waals surface area contributed by atoms with Crippen molar-refractivity contribution in [2.45, 2.75) is 53.6 Å². The Morgan fingerprint density at radius 3 is 2.41 bits per heavy atom. The molecule has 0 spiro atoms. The van der Waals surface area contributed by atoms with E-state index in [0.717, 1.165) is 18.8 Å². The van der Waals surface area contributed by atoms with E-state index in [0.29, 0.717) is 11.8 Å². The molecule has 0 aliphatic carbocycles. The quantitative estimate of drug-likeness (QED) is 0.856. The Kier molecular flexibility index (Phi) is 4.69. The molecule has 1 heterocycles. The molecule has 0 bridgehead atoms. The molecule has 1 rings (SSSR count). The lowest BCUT2D eigenvalue weighted by Crippen LogP contribution is -2.24. The van der Waals surface area contributed by atoms with Crippen LogP contribution in [0.15, 0.2) is 6.20 Å². The summed E-state index contributed by atoms with van der Waals surface area (Å²) in [5.74, 6) is 1.40. The highest BCUT2D eigenvalue weighted by Crippen LogP contribution is 2.12. The smallest absolute Gasteiger partial charge is 0.0965 e. The molecule has 0 aromatic carbocycles. The van der Waals surface area contributed by atoms with Gasteiger partial charge in [-0.05, 0) is 39.2 Å². The summed E-state index contributed by atoms with van der Waals surface area (Å²) in [5, 5.41) is 11.8. The fourth-order valence-electron chi connectivity index (χ4n) is 1.37. The first kappa shape index (κ1) is 14.2. The van der Waals surface area contributed by atoms with Crippen molar-refractivity contribution < 1.29 is 0 Å². The predicted molar refractivity (Wildman–Crippen MR) is 70.7 cm³/mol. The lowest BCUT2D eigenvalue weighted by molar-refractivity contribution is 0.346. The van der Waals surface area contributed by atoms with Crippen LogP contribution in [0.4, 0.5) is 0 Å². The number of nitrogens with zero attached hydrogens (tertiary/aromatic N) is 3. The van der Waals surface area contributed by atoms with Gasteiger partial charge in [0.05, 0.1) is 17.4 Å². The van der Waals surface area contributed by atoms with Gasteiger partial charge in [-0.15, -0.1) is 5.10 Å². The van der Waals surface area contributed by atoms with Crippen molar-refractivity contribution in [2.75, 3.05) is 6.54 Å². The first-order valence-electron chi connectivity index (χ1n) is 6.43. The highest BCUT2D eigenvalue weighted by atomic mass is 15.4. The monoisotopic (exact) mass is 238 g/mol. The first-order chi connectivity index (χ1) is 7.80. The average molecular weight is 238 g/mol. The zero-order valence-corrected chi connectivity index (χ0v) is 12.0. The zero-order chi connectivity index (χ0) is 13.1. The SMILES string of the molecule is CC(C)C(C)CNCc1cn(C(C)(C)C)nn1. The number of rotatable bonds is 5. The van der Waals surface area contributed by atoms with Gasteiger partial charge in [-0.1, -0.05) is 26.0 Å². The third-order valence-electron chi connectivity index (χ3n) is 3.14. The number of nitrogens with one attached hydrogen (secondary N) is 1. The Balaban J connectivity index is 2.41. The second-order valence-electron chi connectivity index (χ2n) is 6.18. The van der Waals surface area contributed by atoms with Crippen molar-refractivity contribution in [2.24, 2.45) is 11.8 Å². The van der Waals surface area contributed by atoms with Crippen LogP contribution in [0.2, 0.25) is 0 Å². The summed E-state index contributed by atoms with van der Waals surface area (Å²) in [4.78, 5) is 0. The van der Waals surface area contributed by atoms with Gasteiger partial charge in [0, 0.05) is 6.54 Å². The molecule has 0 fully saturated rings. The lowest BCUT2D eigenvalue weighted by atomic mass is 9.98. The van der Waals surface area contributed by atoms with E-state index in [-0.39, 0.29) is 5.54 Å². The summed E-state index contributed by atoms with van der Waals surface area (Å²) >= 11 is 0. The fourth-order valence-corrected chi connectivity index (χ4v) is 1.37. The van der Waals surface area contributed by atoms with Crippen molar-refractivity contribution in [1.82, 2.24) is 20.3 Å². The van der Waals surface area contributed by atoms with E-state index in [2.05, 4.69) is 57.2 Å². The maximum atomic E-state index is 4.17. The van der Waals surface area contributed by atoms with Gasteiger partial charge in [-0.2, -0.15) is 0 Å². The topological polar surface area (TPSA) is 42.7 Å². The maximum absolute atomic E-state index is 4.17. The largest absolute Gasteiger partial charge is 0.311 e. The highest BCUT2D eigenvalue weighted by molar-refractivity contribution is 4.94. The van der Waals surface area contributed by atoms with Gasteiger partial charge >= 0.3 is 0 Å². The summed E-state index contributed by atoms with van der Waals surface area (Å²) in [6.07, 6.45) is 2.02. The Labute approximate surface area is 105 Å². The zero-order valence-electron chi connectivity index (χ0n) is 12.0. The minimum Gasteiger partial charge on any atom is -0.311 e. The first-order valence-corrected chi connectivity index (χ1v) is 6.43. The molecule has 1 aromatic heterocycles. The van der Waals surface area contributed by atoms with Gasteiger partial charge in [0.2, 0.25) is 0 Å². The fraction of sp³-hybridized carbons (Fsp3) is 0.846. The van der Waals surface area contributed by atoms with Crippen molar-refractivity contribution in [3.63, 3.8) is 0 Å². The Morgan fingerprint density at radius 1 is 1.29 bits per heavy atom. The van der Waals surface area contributed by atoms with Crippen molar-refractivity contribution in [3.8, 4) is 0 Å². The third-order valence-corrected chi connectivity index (χ3v) is 3.14. The average Bonchev–Trinajstić information content (AvgIpc) is 2.65. The molecule has 4 nitrogen and oxygen atoms in total. The van der Waals surface area contributed by atoms with Crippen LogP contribution in [0.25, 0.3) is 0 Å². The van der Waals surface area contributed by atoms with E-state index in [4.69, 9.17) is 0 Å². The lowest BCUT2D eigenvalue weighted by Gasteiger charge is -2.17. The van der Waals surface area contributed by atoms with Crippen LogP contribution >= 0.6 is 0 Å². The Morgan fingerprint density at radius 2 is 1.94 bits per heavy atom. The molecular weight excluding hydrogens is 212 g/mol. The molecule has 4 heteroatoms. The number of hydrogen-bond donors (Lipinski definition) is 1. The van der Waals surface area contributed by atoms with E-state index in [9.17, 15) is 0 Å². The van der Waals surface area contributed by atoms with Crippen LogP contribution in [0.3, 0.4) is 0 Å². The Hall–Kier alpha value is -0.900. The van der Waals surface area contributed by atoms with Crippen LogP contribution in [0.5, 0.6) is 0 Å². The second-order valence-corrected chi connectivity index (χ2v) is 6.18. The minimum atomic E-state index is 0.0104. The van der Waals surface area contributed by atoms with Crippen LogP contribution in [-0.4, -0.2) is 21.5 Å². The molecule has 0 radical (unpaired) electrons. The summed E-state index contributed by atoms with van der Waals surface area (Å²) in [7, 11) is 0. The molecule has 1 unspecified atom stereocenters. The van der Waals surface area contributed by atoms with Crippen molar-refractivity contribution in [1.29, 1.82) is 0 Å². The normalized spacial score (nSPS) is 14.3. The summed E-state index contributed by atoms with van der Waals surface area (Å²) < 4.78 is 1.91. The van der Waals surface area contributed by atoms with Gasteiger partial charge in [-0.25, -0.2) is 4.68 Å². The molecule has 1 atom stereocenters. The van der Waals surface area contributed by atoms with Crippen LogP contribution < -0.4 is 5.32 Å². The van der Waals surface area contributed by atoms with Crippen LogP contribution in [0.1, 0.15) is 47.2 Å². The molecule has 98 valence electrons. The minimum absolute atomic E-state index is 0.0104. The van der Waals surface area contributed by atoms with E-state index in [1.165, 1.54) is 0 Å². The summed E-state index contributed by atoms with van der Waals surface area (Å²) in [6, 6.07) is 0.